The summed E-state index contributed by atoms with van der Waals surface area (Å²) in [7, 11) is 0. The van der Waals surface area contributed by atoms with Crippen LogP contribution < -0.4 is 20.8 Å². The average molecular weight is 411 g/mol. The lowest BCUT2D eigenvalue weighted by Gasteiger charge is -2.18. The summed E-state index contributed by atoms with van der Waals surface area (Å²) in [5, 5.41) is 19.0. The number of carbonyl (C=O) groups is 2. The number of benzene rings is 1. The van der Waals surface area contributed by atoms with Gasteiger partial charge in [0.15, 0.2) is 11.5 Å². The van der Waals surface area contributed by atoms with Crippen molar-refractivity contribution in [3.8, 4) is 22.6 Å². The third-order valence-electron chi connectivity index (χ3n) is 3.64. The molecule has 150 valence electrons. The molecule has 0 fully saturated rings. The molecule has 1 heterocycles. The van der Waals surface area contributed by atoms with Crippen LogP contribution in [0.25, 0.3) is 11.1 Å². The van der Waals surface area contributed by atoms with Crippen LogP contribution in [-0.2, 0) is 0 Å². The summed E-state index contributed by atoms with van der Waals surface area (Å²) in [6.45, 7) is 5.56. The second kappa shape index (κ2) is 8.22. The number of halogens is 1. The molecule has 5 N–H and O–H groups in total. The third kappa shape index (κ3) is 4.04. The zero-order chi connectivity index (χ0) is 21.2. The van der Waals surface area contributed by atoms with Crippen molar-refractivity contribution in [2.24, 2.45) is 0 Å². The molecule has 0 radical (unpaired) electrons. The lowest BCUT2D eigenvalue weighted by molar-refractivity contribution is 0.0695. The van der Waals surface area contributed by atoms with Crippen molar-refractivity contribution in [3.63, 3.8) is 0 Å². The molecule has 0 bridgehead atoms. The quantitative estimate of drug-likeness (QED) is 0.543. The van der Waals surface area contributed by atoms with Crippen molar-refractivity contribution in [3.05, 3.63) is 38.6 Å². The number of aromatic carboxylic acids is 2. The van der Waals surface area contributed by atoms with Crippen molar-refractivity contribution < 1.29 is 29.3 Å². The van der Waals surface area contributed by atoms with E-state index >= 15 is 0 Å². The van der Waals surface area contributed by atoms with Gasteiger partial charge in [-0.1, -0.05) is 11.6 Å². The summed E-state index contributed by atoms with van der Waals surface area (Å²) in [4.78, 5) is 37.6. The number of aromatic nitrogens is 1. The van der Waals surface area contributed by atoms with E-state index in [1.54, 1.807) is 20.8 Å². The number of nitrogens with two attached hydrogens (primary N) is 1. The van der Waals surface area contributed by atoms with Gasteiger partial charge in [0.05, 0.1) is 17.7 Å². The van der Waals surface area contributed by atoms with Crippen LogP contribution in [0, 0.1) is 0 Å². The standard InChI is InChI=1S/C18H19ClN2O7/c1-4-27-10-5-8(9(19)6-11(10)28-7(2)3)12-13(17(23)24)15(20)21-16(22)14(12)18(25)26/h5-7H,4H2,1-3H3,(H,23,24)(H,25,26)(H3,20,21,22). The second-order valence-electron chi connectivity index (χ2n) is 5.98. The molecule has 1 aromatic carbocycles. The molecule has 0 aliphatic rings. The summed E-state index contributed by atoms with van der Waals surface area (Å²) in [6.07, 6.45) is -0.208. The number of rotatable bonds is 7. The zero-order valence-corrected chi connectivity index (χ0v) is 16.1. The monoisotopic (exact) mass is 410 g/mol. The molecule has 2 aromatic rings. The van der Waals surface area contributed by atoms with Gasteiger partial charge in [0.2, 0.25) is 0 Å². The minimum absolute atomic E-state index is 0.0332. The van der Waals surface area contributed by atoms with Gasteiger partial charge in [-0.25, -0.2) is 9.59 Å². The van der Waals surface area contributed by atoms with E-state index in [0.717, 1.165) is 0 Å². The van der Waals surface area contributed by atoms with E-state index in [1.165, 1.54) is 12.1 Å². The Kier molecular flexibility index (Phi) is 6.19. The van der Waals surface area contributed by atoms with Gasteiger partial charge in [0.25, 0.3) is 5.56 Å². The fourth-order valence-corrected chi connectivity index (χ4v) is 2.91. The summed E-state index contributed by atoms with van der Waals surface area (Å²) in [5.74, 6) is -3.15. The van der Waals surface area contributed by atoms with E-state index < -0.39 is 40.0 Å². The van der Waals surface area contributed by atoms with Crippen LogP contribution in [0.4, 0.5) is 5.82 Å². The SMILES string of the molecule is CCOc1cc(-c2c(C(=O)O)c(N)[nH]c(=O)c2C(=O)O)c(Cl)cc1OC(C)C. The topological polar surface area (TPSA) is 152 Å². The minimum atomic E-state index is -1.63. The van der Waals surface area contributed by atoms with Gasteiger partial charge < -0.3 is 30.4 Å². The number of aromatic amines is 1. The molecule has 2 rings (SSSR count). The van der Waals surface area contributed by atoms with Gasteiger partial charge in [-0.3, -0.25) is 4.79 Å². The number of H-pyrrole nitrogens is 1. The number of carboxylic acids is 2. The van der Waals surface area contributed by atoms with Gasteiger partial charge >= 0.3 is 11.9 Å². The Morgan fingerprint density at radius 3 is 2.29 bits per heavy atom. The van der Waals surface area contributed by atoms with Crippen LogP contribution in [0.2, 0.25) is 5.02 Å². The lowest BCUT2D eigenvalue weighted by atomic mass is 9.95. The average Bonchev–Trinajstić information content (AvgIpc) is 2.55. The highest BCUT2D eigenvalue weighted by molar-refractivity contribution is 6.34. The Labute approximate surface area is 164 Å². The summed E-state index contributed by atoms with van der Waals surface area (Å²) >= 11 is 6.30. The van der Waals surface area contributed by atoms with Gasteiger partial charge in [0.1, 0.15) is 16.9 Å². The predicted octanol–water partition coefficient (Wildman–Crippen LogP) is 2.86. The van der Waals surface area contributed by atoms with Gasteiger partial charge in [0, 0.05) is 17.2 Å². The molecular weight excluding hydrogens is 392 g/mol. The molecule has 0 aliphatic heterocycles. The van der Waals surface area contributed by atoms with Gasteiger partial charge in [-0.15, -0.1) is 0 Å². The van der Waals surface area contributed by atoms with Gasteiger partial charge in [-0.05, 0) is 26.8 Å². The Morgan fingerprint density at radius 1 is 1.18 bits per heavy atom. The largest absolute Gasteiger partial charge is 0.490 e. The fourth-order valence-electron chi connectivity index (χ4n) is 2.66. The lowest BCUT2D eigenvalue weighted by Crippen LogP contribution is -2.24. The molecular formula is C18H19ClN2O7. The number of ether oxygens (including phenoxy) is 2. The third-order valence-corrected chi connectivity index (χ3v) is 3.95. The highest BCUT2D eigenvalue weighted by Gasteiger charge is 2.29. The van der Waals surface area contributed by atoms with Crippen molar-refractivity contribution in [2.45, 2.75) is 26.9 Å². The Balaban J connectivity index is 2.94. The zero-order valence-electron chi connectivity index (χ0n) is 15.3. The summed E-state index contributed by atoms with van der Waals surface area (Å²) in [6, 6.07) is 2.70. The first-order valence-electron chi connectivity index (χ1n) is 8.24. The van der Waals surface area contributed by atoms with Crippen LogP contribution in [0.15, 0.2) is 16.9 Å². The Morgan fingerprint density at radius 2 is 1.79 bits per heavy atom. The summed E-state index contributed by atoms with van der Waals surface area (Å²) in [5.41, 5.74) is 2.76. The number of pyridine rings is 1. The van der Waals surface area contributed by atoms with E-state index in [-0.39, 0.29) is 34.8 Å². The number of carboxylic acid groups (broad SMARTS) is 2. The molecule has 10 heteroatoms. The molecule has 0 spiro atoms. The van der Waals surface area contributed by atoms with Crippen LogP contribution in [-0.4, -0.2) is 39.8 Å². The number of nitrogens with one attached hydrogen (secondary N) is 1. The first-order chi connectivity index (χ1) is 13.1. The van der Waals surface area contributed by atoms with Crippen LogP contribution in [0.1, 0.15) is 41.5 Å². The first kappa shape index (κ1) is 21.1. The first-order valence-corrected chi connectivity index (χ1v) is 8.61. The van der Waals surface area contributed by atoms with E-state index in [1.807, 2.05) is 4.98 Å². The molecule has 0 unspecified atom stereocenters. The highest BCUT2D eigenvalue weighted by atomic mass is 35.5. The molecule has 0 aliphatic carbocycles. The van der Waals surface area contributed by atoms with Crippen molar-refractivity contribution in [2.75, 3.05) is 12.3 Å². The maximum atomic E-state index is 12.2. The minimum Gasteiger partial charge on any atom is -0.490 e. The van der Waals surface area contributed by atoms with Crippen molar-refractivity contribution in [1.29, 1.82) is 0 Å². The summed E-state index contributed by atoms with van der Waals surface area (Å²) < 4.78 is 11.2. The van der Waals surface area contributed by atoms with Gasteiger partial charge in [-0.2, -0.15) is 0 Å². The van der Waals surface area contributed by atoms with Crippen LogP contribution in [0.5, 0.6) is 11.5 Å². The highest BCUT2D eigenvalue weighted by Crippen LogP contribution is 2.41. The predicted molar refractivity (Wildman–Crippen MR) is 103 cm³/mol. The molecule has 0 saturated heterocycles. The molecule has 1 aromatic heterocycles. The van der Waals surface area contributed by atoms with Crippen molar-refractivity contribution in [1.82, 2.24) is 4.98 Å². The number of anilines is 1. The number of hydrogen-bond donors (Lipinski definition) is 4. The molecule has 9 nitrogen and oxygen atoms in total. The van der Waals surface area contributed by atoms with Crippen LogP contribution in [0.3, 0.4) is 0 Å². The smallest absolute Gasteiger partial charge is 0.342 e. The number of nitrogen functional groups attached to an aromatic ring is 1. The maximum absolute atomic E-state index is 12.2. The maximum Gasteiger partial charge on any atom is 0.342 e. The Hall–Kier alpha value is -3.20. The van der Waals surface area contributed by atoms with E-state index in [4.69, 9.17) is 26.8 Å². The molecule has 28 heavy (non-hydrogen) atoms. The van der Waals surface area contributed by atoms with Crippen molar-refractivity contribution >= 4 is 29.4 Å². The Bertz CT molecular complexity index is 998. The van der Waals surface area contributed by atoms with E-state index in [9.17, 15) is 24.6 Å². The van der Waals surface area contributed by atoms with E-state index in [2.05, 4.69) is 0 Å². The molecule has 0 saturated carbocycles. The normalized spacial score (nSPS) is 10.8. The fraction of sp³-hybridized carbons (Fsp3) is 0.278. The second-order valence-corrected chi connectivity index (χ2v) is 6.39. The molecule has 0 amide bonds. The van der Waals surface area contributed by atoms with Crippen LogP contribution >= 0.6 is 11.6 Å². The number of hydrogen-bond acceptors (Lipinski definition) is 6. The molecule has 0 atom stereocenters. The van der Waals surface area contributed by atoms with E-state index in [0.29, 0.717) is 0 Å².